The number of amides is 1. The zero-order valence-electron chi connectivity index (χ0n) is 19.1. The van der Waals surface area contributed by atoms with Crippen molar-refractivity contribution in [1.29, 1.82) is 0 Å². The lowest BCUT2D eigenvalue weighted by atomic mass is 9.85. The summed E-state index contributed by atoms with van der Waals surface area (Å²) in [6.45, 7) is 3.62. The topological polar surface area (TPSA) is 115 Å². The number of hydrogen-bond donors (Lipinski definition) is 1. The molecular weight excluding hydrogens is 456 g/mol. The Morgan fingerprint density at radius 3 is 2.76 bits per heavy atom. The lowest BCUT2D eigenvalue weighted by Gasteiger charge is -2.29. The van der Waals surface area contributed by atoms with Crippen LogP contribution in [-0.2, 0) is 27.8 Å². The highest BCUT2D eigenvalue weighted by Gasteiger charge is 2.31. The summed E-state index contributed by atoms with van der Waals surface area (Å²) in [6.07, 6.45) is 4.02. The SMILES string of the molecule is CCc1cccc(NS(=O)(=O)c2cc3c(cc2C)N(Cc2noc(C4CCC4)n2)C(=O)CO3)c1. The molecule has 1 aliphatic heterocycles. The van der Waals surface area contributed by atoms with Gasteiger partial charge in [0.2, 0.25) is 5.89 Å². The van der Waals surface area contributed by atoms with Crippen LogP contribution in [0.1, 0.15) is 54.9 Å². The zero-order valence-corrected chi connectivity index (χ0v) is 19.9. The molecule has 0 atom stereocenters. The van der Waals surface area contributed by atoms with Gasteiger partial charge in [-0.2, -0.15) is 4.98 Å². The van der Waals surface area contributed by atoms with E-state index in [1.807, 2.05) is 25.1 Å². The molecule has 1 fully saturated rings. The van der Waals surface area contributed by atoms with Crippen LogP contribution in [-0.4, -0.2) is 31.1 Å². The van der Waals surface area contributed by atoms with E-state index in [0.29, 0.717) is 40.3 Å². The van der Waals surface area contributed by atoms with Crippen molar-refractivity contribution >= 4 is 27.3 Å². The number of hydrogen-bond acceptors (Lipinski definition) is 7. The summed E-state index contributed by atoms with van der Waals surface area (Å²) >= 11 is 0. The van der Waals surface area contributed by atoms with Crippen LogP contribution >= 0.6 is 0 Å². The van der Waals surface area contributed by atoms with Gasteiger partial charge in [-0.3, -0.25) is 14.4 Å². The summed E-state index contributed by atoms with van der Waals surface area (Å²) in [5.41, 5.74) is 2.50. The van der Waals surface area contributed by atoms with E-state index in [1.54, 1.807) is 19.1 Å². The maximum atomic E-state index is 13.2. The standard InChI is InChI=1S/C24H26N4O5S/c1-3-16-6-4-9-18(11-16)27-34(30,31)21-12-20-19(10-15(21)2)28(23(29)14-32-20)13-22-25-24(33-26-22)17-7-5-8-17/h4,6,9-12,17,27H,3,5,7-8,13-14H2,1-2H3. The molecule has 9 nitrogen and oxygen atoms in total. The number of anilines is 2. The molecule has 3 aromatic rings. The number of aryl methyl sites for hydroxylation is 2. The van der Waals surface area contributed by atoms with E-state index in [4.69, 9.17) is 9.26 Å². The van der Waals surface area contributed by atoms with E-state index in [1.165, 1.54) is 11.0 Å². The molecule has 2 aromatic carbocycles. The third-order valence-electron chi connectivity index (χ3n) is 6.31. The average Bonchev–Trinajstić information content (AvgIpc) is 3.22. The number of benzene rings is 2. The average molecular weight is 483 g/mol. The largest absolute Gasteiger partial charge is 0.482 e. The number of nitrogens with one attached hydrogen (secondary N) is 1. The molecule has 1 aromatic heterocycles. The third kappa shape index (κ3) is 4.25. The molecular formula is C24H26N4O5S. The van der Waals surface area contributed by atoms with Crippen LogP contribution in [0.25, 0.3) is 0 Å². The highest BCUT2D eigenvalue weighted by Crippen LogP contribution is 2.38. The first kappa shape index (κ1) is 22.4. The number of carbonyl (C=O) groups is 1. The number of nitrogens with zero attached hydrogens (tertiary/aromatic N) is 3. The Morgan fingerprint density at radius 2 is 2.03 bits per heavy atom. The van der Waals surface area contributed by atoms with Crippen molar-refractivity contribution in [2.75, 3.05) is 16.2 Å². The van der Waals surface area contributed by atoms with Gasteiger partial charge in [0.15, 0.2) is 12.4 Å². The quantitative estimate of drug-likeness (QED) is 0.542. The van der Waals surface area contributed by atoms with Gasteiger partial charge in [0.25, 0.3) is 15.9 Å². The summed E-state index contributed by atoms with van der Waals surface area (Å²) in [6, 6.07) is 10.4. The van der Waals surface area contributed by atoms with Crippen molar-refractivity contribution in [3.63, 3.8) is 0 Å². The van der Waals surface area contributed by atoms with E-state index in [0.717, 1.165) is 31.2 Å². The fourth-order valence-electron chi connectivity index (χ4n) is 4.15. The van der Waals surface area contributed by atoms with Crippen molar-refractivity contribution in [1.82, 2.24) is 10.1 Å². The Bertz CT molecular complexity index is 1350. The molecule has 1 aliphatic carbocycles. The molecule has 1 N–H and O–H groups in total. The monoisotopic (exact) mass is 482 g/mol. The van der Waals surface area contributed by atoms with Crippen LogP contribution in [0, 0.1) is 6.92 Å². The first-order chi connectivity index (χ1) is 16.3. The summed E-state index contributed by atoms with van der Waals surface area (Å²) in [7, 11) is -3.87. The molecule has 34 heavy (non-hydrogen) atoms. The van der Waals surface area contributed by atoms with E-state index < -0.39 is 10.0 Å². The van der Waals surface area contributed by atoms with Crippen LogP contribution in [0.5, 0.6) is 5.75 Å². The Balaban J connectivity index is 1.42. The van der Waals surface area contributed by atoms with Crippen LogP contribution in [0.2, 0.25) is 0 Å². The Labute approximate surface area is 198 Å². The van der Waals surface area contributed by atoms with Crippen molar-refractivity contribution < 1.29 is 22.5 Å². The summed E-state index contributed by atoms with van der Waals surface area (Å²) < 4.78 is 40.0. The van der Waals surface area contributed by atoms with Crippen molar-refractivity contribution in [3.05, 3.63) is 59.2 Å². The number of rotatable bonds is 7. The molecule has 2 heterocycles. The Hall–Kier alpha value is -3.40. The second kappa shape index (κ2) is 8.75. The number of fused-ring (bicyclic) bond motifs is 1. The lowest BCUT2D eigenvalue weighted by Crippen LogP contribution is -2.38. The van der Waals surface area contributed by atoms with Gasteiger partial charge in [0.05, 0.1) is 17.1 Å². The van der Waals surface area contributed by atoms with E-state index in [-0.39, 0.29) is 24.0 Å². The fourth-order valence-corrected chi connectivity index (χ4v) is 5.45. The van der Waals surface area contributed by atoms with Crippen LogP contribution in [0.3, 0.4) is 0 Å². The second-order valence-electron chi connectivity index (χ2n) is 8.69. The molecule has 0 unspecified atom stereocenters. The summed E-state index contributed by atoms with van der Waals surface area (Å²) in [5, 5.41) is 4.03. The minimum Gasteiger partial charge on any atom is -0.482 e. The second-order valence-corrected chi connectivity index (χ2v) is 10.3. The Morgan fingerprint density at radius 1 is 1.21 bits per heavy atom. The highest BCUT2D eigenvalue weighted by atomic mass is 32.2. The van der Waals surface area contributed by atoms with Crippen LogP contribution < -0.4 is 14.4 Å². The number of sulfonamides is 1. The van der Waals surface area contributed by atoms with Crippen molar-refractivity contribution in [3.8, 4) is 5.75 Å². The summed E-state index contributed by atoms with van der Waals surface area (Å²) in [4.78, 5) is 18.7. The minimum absolute atomic E-state index is 0.0919. The van der Waals surface area contributed by atoms with Gasteiger partial charge in [-0.05, 0) is 55.5 Å². The molecule has 0 bridgehead atoms. The van der Waals surface area contributed by atoms with Gasteiger partial charge in [-0.1, -0.05) is 30.6 Å². The van der Waals surface area contributed by atoms with Gasteiger partial charge < -0.3 is 9.26 Å². The molecule has 0 saturated heterocycles. The van der Waals surface area contributed by atoms with Gasteiger partial charge in [-0.25, -0.2) is 8.42 Å². The van der Waals surface area contributed by atoms with Crippen LogP contribution in [0.4, 0.5) is 11.4 Å². The smallest absolute Gasteiger partial charge is 0.265 e. The normalized spacial score (nSPS) is 16.1. The molecule has 0 spiro atoms. The molecule has 10 heteroatoms. The van der Waals surface area contributed by atoms with Gasteiger partial charge in [-0.15, -0.1) is 0 Å². The first-order valence-electron chi connectivity index (χ1n) is 11.4. The number of aromatic nitrogens is 2. The molecule has 1 amide bonds. The first-order valence-corrected chi connectivity index (χ1v) is 12.8. The molecule has 2 aliphatic rings. The third-order valence-corrected chi connectivity index (χ3v) is 7.84. The van der Waals surface area contributed by atoms with Crippen LogP contribution in [0.15, 0.2) is 45.8 Å². The highest BCUT2D eigenvalue weighted by molar-refractivity contribution is 7.92. The Kier molecular flexibility index (Phi) is 5.76. The molecule has 5 rings (SSSR count). The fraction of sp³-hybridized carbons (Fsp3) is 0.375. The molecule has 178 valence electrons. The van der Waals surface area contributed by atoms with Crippen molar-refractivity contribution in [2.45, 2.75) is 56.9 Å². The lowest BCUT2D eigenvalue weighted by molar-refractivity contribution is -0.121. The molecule has 1 saturated carbocycles. The van der Waals surface area contributed by atoms with Gasteiger partial charge >= 0.3 is 0 Å². The van der Waals surface area contributed by atoms with Gasteiger partial charge in [0.1, 0.15) is 5.75 Å². The molecule has 0 radical (unpaired) electrons. The van der Waals surface area contributed by atoms with E-state index in [2.05, 4.69) is 14.9 Å². The maximum absolute atomic E-state index is 13.2. The van der Waals surface area contributed by atoms with E-state index in [9.17, 15) is 13.2 Å². The summed E-state index contributed by atoms with van der Waals surface area (Å²) in [5.74, 6) is 1.38. The van der Waals surface area contributed by atoms with E-state index >= 15 is 0 Å². The zero-order chi connectivity index (χ0) is 23.9. The predicted octanol–water partition coefficient (Wildman–Crippen LogP) is 3.93. The van der Waals surface area contributed by atoms with Crippen molar-refractivity contribution in [2.24, 2.45) is 0 Å². The maximum Gasteiger partial charge on any atom is 0.265 e. The van der Waals surface area contributed by atoms with Gasteiger partial charge in [0, 0.05) is 17.7 Å². The minimum atomic E-state index is -3.87. The predicted molar refractivity (Wildman–Crippen MR) is 125 cm³/mol. The number of ether oxygens (including phenoxy) is 1. The number of carbonyl (C=O) groups excluding carboxylic acids is 1.